The third-order valence-electron chi connectivity index (χ3n) is 3.58. The fraction of sp³-hybridized carbons (Fsp3) is 0.538. The maximum absolute atomic E-state index is 12.4. The minimum Gasteiger partial charge on any atom is -0.301 e. The van der Waals surface area contributed by atoms with E-state index < -0.39 is 10.0 Å². The van der Waals surface area contributed by atoms with Gasteiger partial charge in [-0.2, -0.15) is 4.31 Å². The smallest absolute Gasteiger partial charge is 0.218 e. The van der Waals surface area contributed by atoms with Crippen molar-refractivity contribution in [1.82, 2.24) is 9.21 Å². The van der Waals surface area contributed by atoms with Gasteiger partial charge in [0.05, 0.1) is 5.75 Å². The Hall–Kier alpha value is -0.620. The molecule has 1 aromatic carbocycles. The Balaban J connectivity index is 2.08. The molecule has 1 heterocycles. The van der Waals surface area contributed by atoms with Gasteiger partial charge >= 0.3 is 0 Å². The first-order valence-corrected chi connectivity index (χ1v) is 8.30. The molecule has 1 unspecified atom stereocenters. The van der Waals surface area contributed by atoms with Gasteiger partial charge in [-0.15, -0.1) is 0 Å². The van der Waals surface area contributed by atoms with Crippen LogP contribution in [0.3, 0.4) is 0 Å². The Labute approximate surface area is 120 Å². The van der Waals surface area contributed by atoms with E-state index in [1.54, 1.807) is 28.6 Å². The monoisotopic (exact) mass is 302 g/mol. The van der Waals surface area contributed by atoms with Gasteiger partial charge in [-0.1, -0.05) is 23.7 Å². The van der Waals surface area contributed by atoms with Crippen LogP contribution in [0, 0.1) is 0 Å². The van der Waals surface area contributed by atoms with E-state index in [9.17, 15) is 8.42 Å². The molecule has 1 aromatic rings. The van der Waals surface area contributed by atoms with Crippen molar-refractivity contribution in [3.63, 3.8) is 0 Å². The zero-order valence-corrected chi connectivity index (χ0v) is 12.8. The van der Waals surface area contributed by atoms with Crippen molar-refractivity contribution < 1.29 is 8.42 Å². The molecule has 0 N–H and O–H groups in total. The van der Waals surface area contributed by atoms with Gasteiger partial charge in [0.2, 0.25) is 10.0 Å². The number of likely N-dealkylation sites (N-methyl/N-ethyl adjacent to an activating group) is 1. The third-order valence-corrected chi connectivity index (χ3v) is 5.65. The second-order valence-corrected chi connectivity index (χ2v) is 7.48. The van der Waals surface area contributed by atoms with E-state index in [-0.39, 0.29) is 11.8 Å². The molecule has 4 nitrogen and oxygen atoms in total. The van der Waals surface area contributed by atoms with E-state index in [1.165, 1.54) is 0 Å². The van der Waals surface area contributed by atoms with Crippen molar-refractivity contribution in [2.45, 2.75) is 18.7 Å². The lowest BCUT2D eigenvalue weighted by atomic mass is 10.2. The van der Waals surface area contributed by atoms with Gasteiger partial charge in [-0.3, -0.25) is 0 Å². The summed E-state index contributed by atoms with van der Waals surface area (Å²) in [5, 5.41) is 0.620. The molecule has 1 saturated heterocycles. The van der Waals surface area contributed by atoms with Gasteiger partial charge in [0.1, 0.15) is 0 Å². The Bertz CT molecular complexity index is 530. The largest absolute Gasteiger partial charge is 0.301 e. The summed E-state index contributed by atoms with van der Waals surface area (Å²) >= 11 is 5.80. The molecule has 6 heteroatoms. The van der Waals surface area contributed by atoms with Gasteiger partial charge in [-0.05, 0) is 31.7 Å². The van der Waals surface area contributed by atoms with E-state index in [2.05, 4.69) is 4.90 Å². The zero-order valence-electron chi connectivity index (χ0n) is 11.2. The van der Waals surface area contributed by atoms with Crippen LogP contribution in [-0.2, 0) is 15.8 Å². The predicted octanol–water partition coefficient (Wildman–Crippen LogP) is 1.81. The van der Waals surface area contributed by atoms with Crippen LogP contribution in [0.25, 0.3) is 0 Å². The van der Waals surface area contributed by atoms with Crippen molar-refractivity contribution in [3.8, 4) is 0 Å². The first kappa shape index (κ1) is 14.8. The van der Waals surface area contributed by atoms with Crippen LogP contribution in [0.1, 0.15) is 12.5 Å². The molecule has 0 aromatic heterocycles. The molecule has 0 bridgehead atoms. The molecule has 1 fully saturated rings. The molecule has 0 saturated carbocycles. The Kier molecular flexibility index (Phi) is 4.50. The minimum absolute atomic E-state index is 0.0423. The van der Waals surface area contributed by atoms with Gasteiger partial charge < -0.3 is 4.90 Å². The summed E-state index contributed by atoms with van der Waals surface area (Å²) in [6, 6.07) is 7.23. The van der Waals surface area contributed by atoms with Crippen molar-refractivity contribution in [2.75, 3.05) is 26.7 Å². The van der Waals surface area contributed by atoms with Gasteiger partial charge in [0.15, 0.2) is 0 Å². The van der Waals surface area contributed by atoms with Gasteiger partial charge in [0, 0.05) is 30.7 Å². The zero-order chi connectivity index (χ0) is 14.0. The van der Waals surface area contributed by atoms with Crippen LogP contribution in [0.4, 0.5) is 0 Å². The molecule has 1 aliphatic heterocycles. The van der Waals surface area contributed by atoms with Crippen molar-refractivity contribution in [3.05, 3.63) is 34.9 Å². The first-order valence-electron chi connectivity index (χ1n) is 6.31. The Morgan fingerprint density at radius 3 is 2.47 bits per heavy atom. The number of benzene rings is 1. The van der Waals surface area contributed by atoms with Crippen LogP contribution < -0.4 is 0 Å². The predicted molar refractivity (Wildman–Crippen MR) is 77.7 cm³/mol. The third kappa shape index (κ3) is 3.69. The lowest BCUT2D eigenvalue weighted by Gasteiger charge is -2.36. The lowest BCUT2D eigenvalue weighted by Crippen LogP contribution is -2.52. The molecule has 2 rings (SSSR count). The highest BCUT2D eigenvalue weighted by Gasteiger charge is 2.29. The van der Waals surface area contributed by atoms with Gasteiger partial charge in [-0.25, -0.2) is 8.42 Å². The van der Waals surface area contributed by atoms with E-state index in [0.29, 0.717) is 18.1 Å². The molecule has 106 valence electrons. The summed E-state index contributed by atoms with van der Waals surface area (Å²) < 4.78 is 26.3. The number of hydrogen-bond donors (Lipinski definition) is 0. The average Bonchev–Trinajstić information content (AvgIpc) is 2.35. The summed E-state index contributed by atoms with van der Waals surface area (Å²) in [6.45, 7) is 3.95. The highest BCUT2D eigenvalue weighted by molar-refractivity contribution is 7.88. The average molecular weight is 303 g/mol. The molecule has 0 amide bonds. The maximum Gasteiger partial charge on any atom is 0.218 e. The first-order chi connectivity index (χ1) is 8.88. The summed E-state index contributed by atoms with van der Waals surface area (Å²) in [7, 11) is -1.22. The summed E-state index contributed by atoms with van der Waals surface area (Å²) in [5.74, 6) is 0.0423. The molecule has 1 atom stereocenters. The number of piperazine rings is 1. The topological polar surface area (TPSA) is 40.6 Å². The number of halogens is 1. The van der Waals surface area contributed by atoms with Crippen molar-refractivity contribution in [2.24, 2.45) is 0 Å². The normalized spacial score (nSPS) is 22.6. The number of rotatable bonds is 3. The van der Waals surface area contributed by atoms with Gasteiger partial charge in [0.25, 0.3) is 0 Å². The lowest BCUT2D eigenvalue weighted by molar-refractivity contribution is 0.159. The van der Waals surface area contributed by atoms with Crippen LogP contribution in [0.2, 0.25) is 5.02 Å². The standard InChI is InChI=1S/C13H19ClN2O2S/c1-11-9-16(8-7-15(11)2)19(17,18)10-12-3-5-13(14)6-4-12/h3-6,11H,7-10H2,1-2H3. The summed E-state index contributed by atoms with van der Waals surface area (Å²) in [4.78, 5) is 2.17. The Morgan fingerprint density at radius 2 is 1.89 bits per heavy atom. The molecule has 0 aliphatic carbocycles. The molecule has 1 aliphatic rings. The fourth-order valence-corrected chi connectivity index (χ4v) is 3.88. The maximum atomic E-state index is 12.4. The van der Waals surface area contributed by atoms with E-state index >= 15 is 0 Å². The van der Waals surface area contributed by atoms with Crippen LogP contribution >= 0.6 is 11.6 Å². The van der Waals surface area contributed by atoms with E-state index in [0.717, 1.165) is 12.1 Å². The summed E-state index contributed by atoms with van der Waals surface area (Å²) in [6.07, 6.45) is 0. The molecule has 19 heavy (non-hydrogen) atoms. The quantitative estimate of drug-likeness (QED) is 0.855. The van der Waals surface area contributed by atoms with Crippen LogP contribution in [-0.4, -0.2) is 50.3 Å². The van der Waals surface area contributed by atoms with E-state index in [1.807, 2.05) is 14.0 Å². The molecular weight excluding hydrogens is 284 g/mol. The highest BCUT2D eigenvalue weighted by atomic mass is 35.5. The number of hydrogen-bond acceptors (Lipinski definition) is 3. The van der Waals surface area contributed by atoms with Crippen LogP contribution in [0.5, 0.6) is 0 Å². The SMILES string of the molecule is CC1CN(S(=O)(=O)Cc2ccc(Cl)cc2)CCN1C. The number of nitrogens with zero attached hydrogens (tertiary/aromatic N) is 2. The molecule has 0 radical (unpaired) electrons. The second-order valence-electron chi connectivity index (χ2n) is 5.07. The highest BCUT2D eigenvalue weighted by Crippen LogP contribution is 2.17. The second kappa shape index (κ2) is 5.79. The van der Waals surface area contributed by atoms with Crippen molar-refractivity contribution in [1.29, 1.82) is 0 Å². The molecular formula is C13H19ClN2O2S. The van der Waals surface area contributed by atoms with Crippen molar-refractivity contribution >= 4 is 21.6 Å². The number of sulfonamides is 1. The summed E-state index contributed by atoms with van der Waals surface area (Å²) in [5.41, 5.74) is 0.774. The Morgan fingerprint density at radius 1 is 1.26 bits per heavy atom. The van der Waals surface area contributed by atoms with Crippen LogP contribution in [0.15, 0.2) is 24.3 Å². The fourth-order valence-electron chi connectivity index (χ4n) is 2.15. The minimum atomic E-state index is -3.24. The molecule has 0 spiro atoms. The van der Waals surface area contributed by atoms with E-state index in [4.69, 9.17) is 11.6 Å².